The number of oxime groups is 1. The van der Waals surface area contributed by atoms with Gasteiger partial charge in [-0.1, -0.05) is 35.5 Å². The van der Waals surface area contributed by atoms with Crippen molar-refractivity contribution in [2.24, 2.45) is 5.16 Å². The summed E-state index contributed by atoms with van der Waals surface area (Å²) in [5.41, 5.74) is 0.903. The number of carbonyl (C=O) groups is 1. The SMILES string of the molecule is CCN(CC)C(=O)O.ON=Cc1ccccc1. The Labute approximate surface area is 101 Å². The van der Waals surface area contributed by atoms with Crippen LogP contribution in [0, 0.1) is 0 Å². The van der Waals surface area contributed by atoms with Crippen molar-refractivity contribution in [3.63, 3.8) is 0 Å². The molecule has 0 aromatic heterocycles. The summed E-state index contributed by atoms with van der Waals surface area (Å²) in [4.78, 5) is 11.4. The van der Waals surface area contributed by atoms with Crippen LogP contribution in [-0.2, 0) is 0 Å². The van der Waals surface area contributed by atoms with E-state index in [1.807, 2.05) is 44.2 Å². The summed E-state index contributed by atoms with van der Waals surface area (Å²) >= 11 is 0. The van der Waals surface area contributed by atoms with E-state index in [2.05, 4.69) is 5.16 Å². The zero-order valence-corrected chi connectivity index (χ0v) is 10.1. The Kier molecular flexibility index (Phi) is 8.10. The van der Waals surface area contributed by atoms with Gasteiger partial charge in [0.25, 0.3) is 0 Å². The molecule has 0 saturated carbocycles. The maximum atomic E-state index is 10.1. The van der Waals surface area contributed by atoms with Crippen LogP contribution < -0.4 is 0 Å². The van der Waals surface area contributed by atoms with Crippen molar-refractivity contribution >= 4 is 12.3 Å². The minimum absolute atomic E-state index is 0.575. The van der Waals surface area contributed by atoms with E-state index in [1.54, 1.807) is 0 Å². The van der Waals surface area contributed by atoms with E-state index in [1.165, 1.54) is 11.1 Å². The molecule has 5 nitrogen and oxygen atoms in total. The van der Waals surface area contributed by atoms with Crippen LogP contribution in [0.15, 0.2) is 35.5 Å². The lowest BCUT2D eigenvalue weighted by molar-refractivity contribution is 0.150. The third kappa shape index (κ3) is 6.94. The van der Waals surface area contributed by atoms with Crippen LogP contribution in [0.4, 0.5) is 4.79 Å². The van der Waals surface area contributed by atoms with Crippen LogP contribution in [0.25, 0.3) is 0 Å². The molecule has 5 heteroatoms. The summed E-state index contributed by atoms with van der Waals surface area (Å²) in [5.74, 6) is 0. The monoisotopic (exact) mass is 238 g/mol. The van der Waals surface area contributed by atoms with Gasteiger partial charge < -0.3 is 15.2 Å². The highest BCUT2D eigenvalue weighted by molar-refractivity contribution is 5.78. The summed E-state index contributed by atoms with van der Waals surface area (Å²) in [7, 11) is 0. The second-order valence-electron chi connectivity index (χ2n) is 3.11. The Hall–Kier alpha value is -2.04. The first-order chi connectivity index (χ1) is 8.15. The minimum Gasteiger partial charge on any atom is -0.465 e. The van der Waals surface area contributed by atoms with Crippen LogP contribution >= 0.6 is 0 Å². The van der Waals surface area contributed by atoms with Gasteiger partial charge in [-0.3, -0.25) is 0 Å². The molecule has 17 heavy (non-hydrogen) atoms. The fourth-order valence-electron chi connectivity index (χ4n) is 1.10. The highest BCUT2D eigenvalue weighted by Crippen LogP contribution is 1.92. The summed E-state index contributed by atoms with van der Waals surface area (Å²) < 4.78 is 0. The predicted molar refractivity (Wildman–Crippen MR) is 66.8 cm³/mol. The molecule has 0 spiro atoms. The molecule has 0 fully saturated rings. The van der Waals surface area contributed by atoms with Crippen LogP contribution in [0.2, 0.25) is 0 Å². The highest BCUT2D eigenvalue weighted by atomic mass is 16.4. The first-order valence-electron chi connectivity index (χ1n) is 5.36. The normalized spacial score (nSPS) is 9.53. The van der Waals surface area contributed by atoms with Crippen LogP contribution in [0.3, 0.4) is 0 Å². The third-order valence-corrected chi connectivity index (χ3v) is 2.04. The van der Waals surface area contributed by atoms with Crippen molar-refractivity contribution in [2.45, 2.75) is 13.8 Å². The van der Waals surface area contributed by atoms with Crippen LogP contribution in [-0.4, -0.2) is 40.6 Å². The zero-order valence-electron chi connectivity index (χ0n) is 10.1. The average Bonchev–Trinajstić information content (AvgIpc) is 2.33. The number of rotatable bonds is 3. The molecule has 0 bridgehead atoms. The molecule has 2 N–H and O–H groups in total. The van der Waals surface area contributed by atoms with Gasteiger partial charge >= 0.3 is 6.09 Å². The van der Waals surface area contributed by atoms with Crippen molar-refractivity contribution in [1.82, 2.24) is 4.90 Å². The molecule has 0 aliphatic heterocycles. The molecule has 1 aromatic carbocycles. The third-order valence-electron chi connectivity index (χ3n) is 2.04. The van der Waals surface area contributed by atoms with Gasteiger partial charge in [-0.2, -0.15) is 0 Å². The average molecular weight is 238 g/mol. The Morgan fingerprint density at radius 2 is 1.82 bits per heavy atom. The second kappa shape index (κ2) is 9.21. The molecule has 1 amide bonds. The predicted octanol–water partition coefficient (Wildman–Crippen LogP) is 2.50. The lowest BCUT2D eigenvalue weighted by atomic mass is 10.2. The Bertz CT molecular complexity index is 335. The lowest BCUT2D eigenvalue weighted by Crippen LogP contribution is -2.28. The molecule has 0 saturated heterocycles. The largest absolute Gasteiger partial charge is 0.465 e. The van der Waals surface area contributed by atoms with E-state index in [0.29, 0.717) is 13.1 Å². The van der Waals surface area contributed by atoms with E-state index < -0.39 is 6.09 Å². The minimum atomic E-state index is -0.838. The number of hydrogen-bond acceptors (Lipinski definition) is 3. The number of amides is 1. The van der Waals surface area contributed by atoms with Gasteiger partial charge in [0.1, 0.15) is 0 Å². The molecule has 0 aliphatic carbocycles. The summed E-state index contributed by atoms with van der Waals surface area (Å²) in [5, 5.41) is 19.3. The summed E-state index contributed by atoms with van der Waals surface area (Å²) in [6, 6.07) is 9.40. The van der Waals surface area contributed by atoms with E-state index >= 15 is 0 Å². The van der Waals surface area contributed by atoms with Gasteiger partial charge in [0.05, 0.1) is 6.21 Å². The van der Waals surface area contributed by atoms with Gasteiger partial charge in [-0.25, -0.2) is 4.79 Å². The zero-order chi connectivity index (χ0) is 13.1. The number of benzene rings is 1. The maximum Gasteiger partial charge on any atom is 0.407 e. The summed E-state index contributed by atoms with van der Waals surface area (Å²) in [6.07, 6.45) is 0.551. The van der Waals surface area contributed by atoms with Crippen molar-refractivity contribution in [2.75, 3.05) is 13.1 Å². The van der Waals surface area contributed by atoms with E-state index in [4.69, 9.17) is 10.3 Å². The molecule has 1 aromatic rings. The number of carboxylic acid groups (broad SMARTS) is 1. The molecule has 0 heterocycles. The molecule has 0 aliphatic rings. The fraction of sp³-hybridized carbons (Fsp3) is 0.333. The topological polar surface area (TPSA) is 73.1 Å². The molecule has 0 atom stereocenters. The highest BCUT2D eigenvalue weighted by Gasteiger charge is 2.02. The summed E-state index contributed by atoms with van der Waals surface area (Å²) in [6.45, 7) is 4.78. The number of hydrogen-bond donors (Lipinski definition) is 2. The van der Waals surface area contributed by atoms with Gasteiger partial charge in [0, 0.05) is 13.1 Å². The van der Waals surface area contributed by atoms with Gasteiger partial charge in [-0.15, -0.1) is 0 Å². The van der Waals surface area contributed by atoms with Crippen molar-refractivity contribution in [3.8, 4) is 0 Å². The second-order valence-corrected chi connectivity index (χ2v) is 3.11. The molecule has 0 unspecified atom stereocenters. The lowest BCUT2D eigenvalue weighted by Gasteiger charge is -2.12. The van der Waals surface area contributed by atoms with E-state index in [9.17, 15) is 4.79 Å². The standard InChI is InChI=1S/C7H7NO.C5H11NO2/c9-8-6-7-4-2-1-3-5-7;1-3-6(4-2)5(7)8/h1-6,9H;3-4H2,1-2H3,(H,7,8). The molecular weight excluding hydrogens is 220 g/mol. The van der Waals surface area contributed by atoms with Crippen molar-refractivity contribution in [3.05, 3.63) is 35.9 Å². The Morgan fingerprint density at radius 3 is 2.12 bits per heavy atom. The fourth-order valence-corrected chi connectivity index (χ4v) is 1.10. The van der Waals surface area contributed by atoms with Crippen LogP contribution in [0.5, 0.6) is 0 Å². The first kappa shape index (κ1) is 15.0. The van der Waals surface area contributed by atoms with Crippen LogP contribution in [0.1, 0.15) is 19.4 Å². The molecule has 94 valence electrons. The van der Waals surface area contributed by atoms with E-state index in [0.717, 1.165) is 5.56 Å². The quantitative estimate of drug-likeness (QED) is 0.482. The van der Waals surface area contributed by atoms with Crippen molar-refractivity contribution < 1.29 is 15.1 Å². The van der Waals surface area contributed by atoms with E-state index in [-0.39, 0.29) is 0 Å². The van der Waals surface area contributed by atoms with Crippen molar-refractivity contribution in [1.29, 1.82) is 0 Å². The Balaban J connectivity index is 0.000000304. The smallest absolute Gasteiger partial charge is 0.407 e. The maximum absolute atomic E-state index is 10.1. The van der Waals surface area contributed by atoms with Gasteiger partial charge in [-0.05, 0) is 19.4 Å². The van der Waals surface area contributed by atoms with Gasteiger partial charge in [0.2, 0.25) is 0 Å². The number of nitrogens with zero attached hydrogens (tertiary/aromatic N) is 2. The molecule has 0 radical (unpaired) electrons. The molecule has 1 rings (SSSR count). The molecular formula is C12H18N2O3. The van der Waals surface area contributed by atoms with Gasteiger partial charge in [0.15, 0.2) is 0 Å². The first-order valence-corrected chi connectivity index (χ1v) is 5.36. The Morgan fingerprint density at radius 1 is 1.29 bits per heavy atom.